The number of carbonyl (C=O) groups is 2. The molecule has 2 atom stereocenters. The molecule has 15 nitrogen and oxygen atoms in total. The molecule has 1 aromatic heterocycles. The third-order valence-corrected chi connectivity index (χ3v) is 13.8. The van der Waals surface area contributed by atoms with Gasteiger partial charge in [0.1, 0.15) is 29.2 Å². The summed E-state index contributed by atoms with van der Waals surface area (Å²) in [4.78, 5) is 44.4. The van der Waals surface area contributed by atoms with Crippen LogP contribution in [-0.4, -0.2) is 90.0 Å². The molecule has 1 aliphatic carbocycles. The van der Waals surface area contributed by atoms with E-state index >= 15 is 8.78 Å². The Bertz CT molecular complexity index is 2530. The number of hydrogen-bond acceptors (Lipinski definition) is 11. The zero-order valence-electron chi connectivity index (χ0n) is 32.5. The third-order valence-electron chi connectivity index (χ3n) is 12.2. The van der Waals surface area contributed by atoms with Crippen LogP contribution in [0.2, 0.25) is 0 Å². The normalized spacial score (nSPS) is 23.2. The van der Waals surface area contributed by atoms with Crippen LogP contribution in [0.1, 0.15) is 75.0 Å². The Labute approximate surface area is 339 Å². The van der Waals surface area contributed by atoms with Crippen molar-refractivity contribution in [3.05, 3.63) is 88.0 Å². The first-order valence-corrected chi connectivity index (χ1v) is 21.1. The molecule has 3 saturated heterocycles. The minimum absolute atomic E-state index is 0.0570. The summed E-state index contributed by atoms with van der Waals surface area (Å²) < 4.78 is 72.8. The summed E-state index contributed by atoms with van der Waals surface area (Å²) >= 11 is 0. The van der Waals surface area contributed by atoms with Gasteiger partial charge in [0.15, 0.2) is 11.6 Å². The van der Waals surface area contributed by atoms with Crippen molar-refractivity contribution in [3.8, 4) is 17.6 Å². The molecule has 8 rings (SSSR count). The molecule has 3 N–H and O–H groups in total. The minimum atomic E-state index is -4.02. The number of nitrogens with one attached hydrogen (secondary N) is 3. The summed E-state index contributed by atoms with van der Waals surface area (Å²) in [6.45, 7) is 3.76. The molecule has 1 saturated carbocycles. The van der Waals surface area contributed by atoms with Gasteiger partial charge in [-0.2, -0.15) is 18.0 Å². The van der Waals surface area contributed by atoms with E-state index in [0.29, 0.717) is 42.3 Å². The van der Waals surface area contributed by atoms with Crippen molar-refractivity contribution in [2.75, 3.05) is 43.3 Å². The Balaban J connectivity index is 0.887. The average Bonchev–Trinajstić information content (AvgIpc) is 3.60. The van der Waals surface area contributed by atoms with Crippen LogP contribution in [0.3, 0.4) is 0 Å². The van der Waals surface area contributed by atoms with Crippen LogP contribution < -0.4 is 25.7 Å². The first kappa shape index (κ1) is 40.3. The number of aromatic nitrogens is 2. The molecule has 1 unspecified atom stereocenters. The summed E-state index contributed by atoms with van der Waals surface area (Å²) in [5.41, 5.74) is 0.305. The molecule has 3 aromatic carbocycles. The van der Waals surface area contributed by atoms with Crippen molar-refractivity contribution in [3.63, 3.8) is 0 Å². The number of carbonyl (C=O) groups excluding carboxylic acids is 2. The summed E-state index contributed by atoms with van der Waals surface area (Å²) in [6, 6.07) is 12.9. The van der Waals surface area contributed by atoms with Crippen molar-refractivity contribution in [2.24, 2.45) is 0 Å². The molecule has 4 aliphatic rings. The highest BCUT2D eigenvalue weighted by atomic mass is 32.2. The van der Waals surface area contributed by atoms with Gasteiger partial charge in [0.25, 0.3) is 5.56 Å². The van der Waals surface area contributed by atoms with Crippen molar-refractivity contribution in [1.82, 2.24) is 24.1 Å². The molecular formula is C41H44F2N8O7S. The average molecular weight is 831 g/mol. The fourth-order valence-corrected chi connectivity index (χ4v) is 9.50. The van der Waals surface area contributed by atoms with Crippen LogP contribution >= 0.6 is 0 Å². The van der Waals surface area contributed by atoms with Crippen LogP contribution in [0, 0.1) is 23.0 Å². The predicted molar refractivity (Wildman–Crippen MR) is 213 cm³/mol. The van der Waals surface area contributed by atoms with E-state index in [4.69, 9.17) is 9.47 Å². The van der Waals surface area contributed by atoms with E-state index in [-0.39, 0.29) is 64.6 Å². The van der Waals surface area contributed by atoms with Gasteiger partial charge < -0.3 is 19.7 Å². The summed E-state index contributed by atoms with van der Waals surface area (Å²) in [6.07, 6.45) is 5.96. The smallest absolute Gasteiger partial charge is 0.301 e. The molecule has 4 heterocycles. The number of nitrogens with zero attached hydrogens (tertiary/aromatic N) is 5. The Morgan fingerprint density at radius 2 is 1.85 bits per heavy atom. The number of likely N-dealkylation sites (tertiary alicyclic amines) is 1. The van der Waals surface area contributed by atoms with Crippen molar-refractivity contribution < 1.29 is 36.3 Å². The molecule has 2 amide bonds. The Morgan fingerprint density at radius 1 is 1.07 bits per heavy atom. The predicted octanol–water partition coefficient (Wildman–Crippen LogP) is 4.91. The zero-order valence-corrected chi connectivity index (χ0v) is 33.4. The van der Waals surface area contributed by atoms with E-state index in [1.54, 1.807) is 29.7 Å². The van der Waals surface area contributed by atoms with E-state index in [1.807, 2.05) is 6.07 Å². The van der Waals surface area contributed by atoms with E-state index in [2.05, 4.69) is 25.2 Å². The molecule has 0 bridgehead atoms. The minimum Gasteiger partial charge on any atom is -0.453 e. The topological polar surface area (TPSA) is 188 Å². The number of rotatable bonds is 11. The maximum Gasteiger partial charge on any atom is 0.301 e. The Kier molecular flexibility index (Phi) is 10.9. The molecule has 4 fully saturated rings. The van der Waals surface area contributed by atoms with Gasteiger partial charge in [-0.05, 0) is 92.5 Å². The summed E-state index contributed by atoms with van der Waals surface area (Å²) in [5, 5.41) is 15.5. The second kappa shape index (κ2) is 15.9. The van der Waals surface area contributed by atoms with Crippen LogP contribution in [0.25, 0.3) is 10.9 Å². The lowest BCUT2D eigenvalue weighted by atomic mass is 9.73. The number of amides is 2. The highest BCUT2D eigenvalue weighted by Gasteiger charge is 2.46. The molecule has 18 heteroatoms. The first-order chi connectivity index (χ1) is 28.3. The lowest BCUT2D eigenvalue weighted by molar-refractivity contribution is -0.133. The van der Waals surface area contributed by atoms with Crippen LogP contribution in [0.4, 0.5) is 20.2 Å². The van der Waals surface area contributed by atoms with Gasteiger partial charge in [-0.25, -0.2) is 13.8 Å². The summed E-state index contributed by atoms with van der Waals surface area (Å²) in [7, 11) is -2.66. The van der Waals surface area contributed by atoms with Crippen LogP contribution in [-0.2, 0) is 24.5 Å². The number of fused-ring (bicyclic) bond motifs is 1. The first-order valence-electron chi connectivity index (χ1n) is 19.7. The number of nitriles is 1. The van der Waals surface area contributed by atoms with Crippen LogP contribution in [0.15, 0.2) is 59.7 Å². The van der Waals surface area contributed by atoms with Gasteiger partial charge in [-0.3, -0.25) is 29.0 Å². The molecule has 4 aromatic rings. The number of ether oxygens (including phenoxy) is 2. The summed E-state index contributed by atoms with van der Waals surface area (Å²) in [5.74, 6) is -2.25. The Hall–Kier alpha value is -5.48. The second-order valence-electron chi connectivity index (χ2n) is 15.8. The number of halogens is 2. The van der Waals surface area contributed by atoms with Crippen molar-refractivity contribution >= 4 is 44.3 Å². The number of hydrogen-bond donors (Lipinski definition) is 3. The van der Waals surface area contributed by atoms with Gasteiger partial charge in [0.2, 0.25) is 11.8 Å². The van der Waals surface area contributed by atoms with Gasteiger partial charge in [0.05, 0.1) is 41.2 Å². The quantitative estimate of drug-likeness (QED) is 0.175. The van der Waals surface area contributed by atoms with Crippen molar-refractivity contribution in [1.29, 1.82) is 5.26 Å². The van der Waals surface area contributed by atoms with E-state index in [1.165, 1.54) is 31.6 Å². The van der Waals surface area contributed by atoms with Crippen molar-refractivity contribution in [2.45, 2.75) is 81.5 Å². The molecule has 1 spiro atoms. The van der Waals surface area contributed by atoms with E-state index in [9.17, 15) is 28.1 Å². The maximum atomic E-state index is 15.2. The lowest BCUT2D eigenvalue weighted by Crippen LogP contribution is -2.51. The third kappa shape index (κ3) is 7.99. The second-order valence-corrected chi connectivity index (χ2v) is 17.5. The van der Waals surface area contributed by atoms with Gasteiger partial charge in [-0.15, -0.1) is 0 Å². The fraction of sp³-hybridized carbons (Fsp3) is 0.439. The Morgan fingerprint density at radius 3 is 2.56 bits per heavy atom. The van der Waals surface area contributed by atoms with Crippen LogP contribution in [0.5, 0.6) is 11.5 Å². The van der Waals surface area contributed by atoms with Gasteiger partial charge in [0, 0.05) is 44.8 Å². The molecule has 310 valence electrons. The number of anilines is 2. The van der Waals surface area contributed by atoms with E-state index < -0.39 is 39.3 Å². The monoisotopic (exact) mass is 830 g/mol. The standard InChI is InChI=1S/C41H44F2N8O7S/c1-3-49(2)59(55,56)48-35-9-7-32(42)38(31(35)21-44)58-28-5-8-34-30(19-28)40(54)51(23-45-34)27-20-41(57-22-27)12-14-50(15-13-41)26-16-24(17-26)29-6-4-25(18-33(29)43)46-36-10-11-37(52)47-39(36)53/h4-9,18-19,23-24,26-27,36,46,48H,3,10-17,20,22H2,1-2H3,(H,47,52,53)/t24?,26?,27-,36?/m1/s1. The fourth-order valence-electron chi connectivity index (χ4n) is 8.56. The van der Waals surface area contributed by atoms with Gasteiger partial charge >= 0.3 is 10.2 Å². The molecule has 59 heavy (non-hydrogen) atoms. The van der Waals surface area contributed by atoms with E-state index in [0.717, 1.165) is 55.2 Å². The lowest BCUT2D eigenvalue weighted by Gasteiger charge is -2.48. The maximum absolute atomic E-state index is 15.2. The number of benzene rings is 3. The molecule has 3 aliphatic heterocycles. The number of imide groups is 1. The molecule has 0 radical (unpaired) electrons. The highest BCUT2D eigenvalue weighted by Crippen LogP contribution is 2.46. The zero-order chi connectivity index (χ0) is 41.6. The molecular weight excluding hydrogens is 787 g/mol. The van der Waals surface area contributed by atoms with Gasteiger partial charge in [-0.1, -0.05) is 13.0 Å². The SMILES string of the molecule is CCN(C)S(=O)(=O)Nc1ccc(F)c(Oc2ccc3ncn([C@H]4COC5(CCN(C6CC(c7ccc(NC8CCC(=O)NC8=O)cc7F)C6)CC5)C4)c(=O)c3c2)c1C#N. The number of piperidine rings is 2. The largest absolute Gasteiger partial charge is 0.453 e. The highest BCUT2D eigenvalue weighted by molar-refractivity contribution is 7.90.